The number of anilines is 3. The lowest BCUT2D eigenvalue weighted by atomic mass is 9.98. The number of quaternary nitrogens is 1. The standard InChI is InChI=1S/C22H30F2N10O/c1-12-8-19(30-20(27-12)22(5,23)24)29-15-10-18(28-13(2)35)26-11-14(15)16-9-17(34(31-16)32-25)21(3,4)33(6)7/h8-11,32H,25H2,1-7H3,(H2,26,27,28,29,30,35)/p+1. The van der Waals surface area contributed by atoms with Crippen molar-refractivity contribution in [1.82, 2.24) is 29.7 Å². The zero-order valence-electron chi connectivity index (χ0n) is 20.8. The van der Waals surface area contributed by atoms with Crippen LogP contribution in [0.1, 0.15) is 44.9 Å². The van der Waals surface area contributed by atoms with E-state index in [-0.39, 0.29) is 17.5 Å². The second-order valence-corrected chi connectivity index (χ2v) is 8.99. The van der Waals surface area contributed by atoms with Crippen molar-refractivity contribution in [2.24, 2.45) is 5.84 Å². The third kappa shape index (κ3) is 5.75. The summed E-state index contributed by atoms with van der Waals surface area (Å²) in [6.45, 7) is 7.76. The second kappa shape index (κ2) is 9.60. The van der Waals surface area contributed by atoms with Gasteiger partial charge in [-0.1, -0.05) is 4.79 Å². The van der Waals surface area contributed by atoms with Gasteiger partial charge in [0.05, 0.1) is 11.2 Å². The Kier molecular flexibility index (Phi) is 7.15. The molecular weight excluding hydrogens is 458 g/mol. The molecule has 3 rings (SSSR count). The Labute approximate surface area is 202 Å². The minimum atomic E-state index is -3.22. The Morgan fingerprint density at radius 2 is 1.83 bits per heavy atom. The van der Waals surface area contributed by atoms with Crippen molar-refractivity contribution in [2.45, 2.75) is 46.1 Å². The average Bonchev–Trinajstić information content (AvgIpc) is 3.17. The van der Waals surface area contributed by atoms with Gasteiger partial charge >= 0.3 is 5.92 Å². The molecule has 0 saturated carbocycles. The number of hydrogen-bond acceptors (Lipinski definition) is 8. The van der Waals surface area contributed by atoms with Crippen LogP contribution in [0.25, 0.3) is 11.3 Å². The first-order chi connectivity index (χ1) is 16.2. The highest BCUT2D eigenvalue weighted by atomic mass is 19.3. The molecule has 0 spiro atoms. The van der Waals surface area contributed by atoms with Crippen molar-refractivity contribution in [3.05, 3.63) is 41.6 Å². The maximum absolute atomic E-state index is 13.9. The number of halogens is 2. The first-order valence-corrected chi connectivity index (χ1v) is 10.8. The van der Waals surface area contributed by atoms with E-state index < -0.39 is 17.3 Å². The number of nitrogens with two attached hydrogens (primary N) is 2. The number of nitrogens with one attached hydrogen (secondary N) is 2. The number of hydrogen-bond donors (Lipinski definition) is 4. The third-order valence-electron chi connectivity index (χ3n) is 5.62. The van der Waals surface area contributed by atoms with E-state index >= 15 is 0 Å². The summed E-state index contributed by atoms with van der Waals surface area (Å²) in [7, 11) is 3.89. The molecule has 3 heterocycles. The molecule has 6 N–H and O–H groups in total. The van der Waals surface area contributed by atoms with E-state index in [0.717, 1.165) is 12.6 Å². The van der Waals surface area contributed by atoms with E-state index in [4.69, 9.17) is 5.84 Å². The van der Waals surface area contributed by atoms with Gasteiger partial charge in [-0.15, -0.1) is 5.10 Å². The molecule has 0 bridgehead atoms. The summed E-state index contributed by atoms with van der Waals surface area (Å²) in [5.74, 6) is 2.15. The fourth-order valence-electron chi connectivity index (χ4n) is 3.30. The number of carbonyl (C=O) groups excluding carboxylic acids is 1. The summed E-state index contributed by atoms with van der Waals surface area (Å²) in [5.41, 5.74) is 3.67. The van der Waals surface area contributed by atoms with Crippen LogP contribution in [0.3, 0.4) is 0 Å². The molecular formula is C22H31F2N10O+. The van der Waals surface area contributed by atoms with E-state index in [1.165, 1.54) is 18.7 Å². The van der Waals surface area contributed by atoms with E-state index in [1.807, 2.05) is 38.9 Å². The number of alkyl halides is 2. The summed E-state index contributed by atoms with van der Waals surface area (Å²) in [4.78, 5) is 27.3. The van der Waals surface area contributed by atoms with E-state index in [1.54, 1.807) is 23.8 Å². The zero-order chi connectivity index (χ0) is 26.1. The highest BCUT2D eigenvalue weighted by molar-refractivity contribution is 5.89. The van der Waals surface area contributed by atoms with Gasteiger partial charge in [-0.05, 0) is 40.9 Å². The molecule has 0 radical (unpaired) electrons. The Morgan fingerprint density at radius 1 is 1.14 bits per heavy atom. The highest BCUT2D eigenvalue weighted by Crippen LogP contribution is 2.34. The Bertz CT molecular complexity index is 1230. The van der Waals surface area contributed by atoms with Crippen LogP contribution in [-0.2, 0) is 16.3 Å². The molecule has 188 valence electrons. The lowest BCUT2D eigenvalue weighted by Gasteiger charge is -2.31. The number of amides is 1. The van der Waals surface area contributed by atoms with Crippen molar-refractivity contribution < 1.29 is 19.1 Å². The summed E-state index contributed by atoms with van der Waals surface area (Å²) in [5, 5.41) is 10.3. The molecule has 0 aromatic carbocycles. The SMILES string of the molecule is CC(=O)Nc1cc(Nc2cc(C)nc(C(C)(F)F)n2)c(-c2cc(C(C)(C)N(C)C)n([NH2+]N)n2)cn1. The van der Waals surface area contributed by atoms with Crippen molar-refractivity contribution >= 4 is 23.2 Å². The summed E-state index contributed by atoms with van der Waals surface area (Å²) in [6.07, 6.45) is 1.53. The molecule has 3 aromatic rings. The molecule has 35 heavy (non-hydrogen) atoms. The van der Waals surface area contributed by atoms with E-state index in [0.29, 0.717) is 22.6 Å². The molecule has 0 aliphatic rings. The first kappa shape index (κ1) is 26.1. The monoisotopic (exact) mass is 489 g/mol. The molecule has 0 unspecified atom stereocenters. The summed E-state index contributed by atoms with van der Waals surface area (Å²) < 4.78 is 27.9. The van der Waals surface area contributed by atoms with Gasteiger partial charge in [0.2, 0.25) is 11.7 Å². The molecule has 1 amide bonds. The van der Waals surface area contributed by atoms with Crippen LogP contribution in [0.4, 0.5) is 26.1 Å². The van der Waals surface area contributed by atoms with Gasteiger partial charge in [-0.25, -0.2) is 15.0 Å². The van der Waals surface area contributed by atoms with Crippen molar-refractivity contribution in [3.8, 4) is 11.3 Å². The number of carbonyl (C=O) groups is 1. The number of aryl methyl sites for hydroxylation is 1. The maximum atomic E-state index is 13.9. The minimum Gasteiger partial charge on any atom is -0.339 e. The summed E-state index contributed by atoms with van der Waals surface area (Å²) in [6, 6.07) is 5.00. The molecule has 13 heteroatoms. The topological polar surface area (TPSA) is 143 Å². The molecule has 0 aliphatic carbocycles. The molecule has 11 nitrogen and oxygen atoms in total. The smallest absolute Gasteiger partial charge is 0.303 e. The van der Waals surface area contributed by atoms with Crippen LogP contribution in [-0.4, -0.2) is 49.7 Å². The number of pyridine rings is 1. The van der Waals surface area contributed by atoms with Crippen molar-refractivity contribution in [1.29, 1.82) is 0 Å². The van der Waals surface area contributed by atoms with Gasteiger partial charge in [0.1, 0.15) is 23.0 Å². The Morgan fingerprint density at radius 3 is 2.40 bits per heavy atom. The Hall–Kier alpha value is -3.55. The van der Waals surface area contributed by atoms with Gasteiger partial charge in [0.25, 0.3) is 0 Å². The number of nitrogens with zero attached hydrogens (tertiary/aromatic N) is 6. The zero-order valence-corrected chi connectivity index (χ0v) is 20.8. The maximum Gasteiger partial charge on any atom is 0.303 e. The molecule has 3 aromatic heterocycles. The normalized spacial score (nSPS) is 12.2. The van der Waals surface area contributed by atoms with Gasteiger partial charge in [-0.3, -0.25) is 9.69 Å². The molecule has 0 aliphatic heterocycles. The van der Waals surface area contributed by atoms with E-state index in [9.17, 15) is 13.6 Å². The highest BCUT2D eigenvalue weighted by Gasteiger charge is 2.31. The van der Waals surface area contributed by atoms with Crippen LogP contribution in [0.15, 0.2) is 24.4 Å². The largest absolute Gasteiger partial charge is 0.339 e. The van der Waals surface area contributed by atoms with Crippen LogP contribution in [0.5, 0.6) is 0 Å². The van der Waals surface area contributed by atoms with Crippen LogP contribution in [0, 0.1) is 6.92 Å². The average molecular weight is 490 g/mol. The van der Waals surface area contributed by atoms with Gasteiger partial charge in [0.15, 0.2) is 0 Å². The van der Waals surface area contributed by atoms with Gasteiger partial charge in [-0.2, -0.15) is 20.2 Å². The van der Waals surface area contributed by atoms with Gasteiger partial charge in [0, 0.05) is 43.4 Å². The fourth-order valence-corrected chi connectivity index (χ4v) is 3.30. The van der Waals surface area contributed by atoms with Crippen LogP contribution >= 0.6 is 0 Å². The predicted molar refractivity (Wildman–Crippen MR) is 128 cm³/mol. The predicted octanol–water partition coefficient (Wildman–Crippen LogP) is 1.85. The number of aromatic nitrogens is 5. The van der Waals surface area contributed by atoms with Crippen LogP contribution < -0.4 is 22.0 Å². The minimum absolute atomic E-state index is 0.161. The first-order valence-electron chi connectivity index (χ1n) is 10.8. The number of rotatable bonds is 8. The molecule has 0 fully saturated rings. The fraction of sp³-hybridized carbons (Fsp3) is 0.409. The van der Waals surface area contributed by atoms with Crippen LogP contribution in [0.2, 0.25) is 0 Å². The summed E-state index contributed by atoms with van der Waals surface area (Å²) >= 11 is 0. The Balaban J connectivity index is 2.15. The lowest BCUT2D eigenvalue weighted by molar-refractivity contribution is -0.731. The quantitative estimate of drug-likeness (QED) is 0.277. The second-order valence-electron chi connectivity index (χ2n) is 8.99. The third-order valence-corrected chi connectivity index (χ3v) is 5.62. The van der Waals surface area contributed by atoms with Gasteiger partial charge < -0.3 is 10.6 Å². The van der Waals surface area contributed by atoms with Crippen molar-refractivity contribution in [3.63, 3.8) is 0 Å². The molecule has 0 atom stereocenters. The lowest BCUT2D eigenvalue weighted by Crippen LogP contribution is -2.95. The van der Waals surface area contributed by atoms with Crippen molar-refractivity contribution in [2.75, 3.05) is 24.7 Å². The molecule has 0 saturated heterocycles. The van der Waals surface area contributed by atoms with E-state index in [2.05, 4.69) is 30.7 Å².